The molecule has 1 heterocycles. The predicted octanol–water partition coefficient (Wildman–Crippen LogP) is 1.90. The van der Waals surface area contributed by atoms with Crippen molar-refractivity contribution in [3.63, 3.8) is 0 Å². The van der Waals surface area contributed by atoms with Crippen molar-refractivity contribution >= 4 is 28.5 Å². The quantitative estimate of drug-likeness (QED) is 0.814. The molecule has 0 aliphatic carbocycles. The van der Waals surface area contributed by atoms with Crippen LogP contribution in [0.4, 0.5) is 5.95 Å². The van der Waals surface area contributed by atoms with E-state index >= 15 is 0 Å². The molecule has 5 heteroatoms. The average Bonchev–Trinajstić information content (AvgIpc) is 2.19. The molecule has 0 fully saturated rings. The van der Waals surface area contributed by atoms with Gasteiger partial charge in [0.15, 0.2) is 0 Å². The van der Waals surface area contributed by atoms with Crippen LogP contribution in [0.25, 0.3) is 0 Å². The van der Waals surface area contributed by atoms with Crippen LogP contribution in [0.1, 0.15) is 20.3 Å². The third-order valence-electron chi connectivity index (χ3n) is 1.93. The standard InChI is InChI=1S/C10H16IN3O/c1-7(2)3-9(6-15)14-10-12-4-8(11)5-13-10/h4-5,7,9,15H,3,6H2,1-2H3,(H,12,13,14). The summed E-state index contributed by atoms with van der Waals surface area (Å²) in [6.07, 6.45) is 4.41. The van der Waals surface area contributed by atoms with E-state index in [9.17, 15) is 5.11 Å². The molecule has 0 aromatic carbocycles. The minimum absolute atomic E-state index is 0.0325. The van der Waals surface area contributed by atoms with Crippen molar-refractivity contribution in [1.29, 1.82) is 0 Å². The summed E-state index contributed by atoms with van der Waals surface area (Å²) < 4.78 is 1.00. The lowest BCUT2D eigenvalue weighted by Crippen LogP contribution is -2.26. The van der Waals surface area contributed by atoms with Crippen LogP contribution in [0.2, 0.25) is 0 Å². The monoisotopic (exact) mass is 321 g/mol. The second-order valence-electron chi connectivity index (χ2n) is 3.88. The smallest absolute Gasteiger partial charge is 0.222 e. The maximum absolute atomic E-state index is 9.17. The largest absolute Gasteiger partial charge is 0.394 e. The minimum Gasteiger partial charge on any atom is -0.394 e. The summed E-state index contributed by atoms with van der Waals surface area (Å²) in [5.74, 6) is 1.12. The molecule has 1 atom stereocenters. The highest BCUT2D eigenvalue weighted by Crippen LogP contribution is 2.09. The van der Waals surface area contributed by atoms with Crippen LogP contribution in [0.3, 0.4) is 0 Å². The number of nitrogens with zero attached hydrogens (tertiary/aromatic N) is 2. The number of hydrogen-bond acceptors (Lipinski definition) is 4. The molecule has 1 rings (SSSR count). The SMILES string of the molecule is CC(C)CC(CO)Nc1ncc(I)cn1. The fourth-order valence-corrected chi connectivity index (χ4v) is 1.60. The lowest BCUT2D eigenvalue weighted by atomic mass is 10.0. The Morgan fingerprint density at radius 3 is 2.47 bits per heavy atom. The van der Waals surface area contributed by atoms with Gasteiger partial charge in [0.05, 0.1) is 12.6 Å². The van der Waals surface area contributed by atoms with Crippen LogP contribution in [0, 0.1) is 9.49 Å². The van der Waals surface area contributed by atoms with Gasteiger partial charge in [-0.1, -0.05) is 13.8 Å². The topological polar surface area (TPSA) is 58.0 Å². The van der Waals surface area contributed by atoms with Crippen LogP contribution in [-0.4, -0.2) is 27.7 Å². The fourth-order valence-electron chi connectivity index (χ4n) is 1.32. The summed E-state index contributed by atoms with van der Waals surface area (Å²) in [6, 6.07) is 0.0325. The molecule has 0 spiro atoms. The summed E-state index contributed by atoms with van der Waals surface area (Å²) in [5.41, 5.74) is 0. The Kier molecular flexibility index (Phi) is 5.24. The highest BCUT2D eigenvalue weighted by atomic mass is 127. The highest BCUT2D eigenvalue weighted by molar-refractivity contribution is 14.1. The summed E-state index contributed by atoms with van der Waals surface area (Å²) in [6.45, 7) is 4.35. The van der Waals surface area contributed by atoms with Crippen molar-refractivity contribution in [2.75, 3.05) is 11.9 Å². The summed E-state index contributed by atoms with van der Waals surface area (Å²) >= 11 is 2.16. The Labute approximate surface area is 104 Å². The third-order valence-corrected chi connectivity index (χ3v) is 2.49. The molecule has 0 saturated heterocycles. The van der Waals surface area contributed by atoms with Crippen molar-refractivity contribution in [1.82, 2.24) is 9.97 Å². The molecule has 84 valence electrons. The van der Waals surface area contributed by atoms with Gasteiger partial charge >= 0.3 is 0 Å². The maximum Gasteiger partial charge on any atom is 0.222 e. The van der Waals surface area contributed by atoms with Crippen LogP contribution in [-0.2, 0) is 0 Å². The molecule has 0 aliphatic rings. The van der Waals surface area contributed by atoms with Crippen molar-refractivity contribution in [3.05, 3.63) is 16.0 Å². The van der Waals surface area contributed by atoms with E-state index in [1.807, 2.05) is 0 Å². The molecular weight excluding hydrogens is 305 g/mol. The van der Waals surface area contributed by atoms with Crippen LogP contribution < -0.4 is 5.32 Å². The van der Waals surface area contributed by atoms with Crippen molar-refractivity contribution in [2.45, 2.75) is 26.3 Å². The number of aliphatic hydroxyl groups excluding tert-OH is 1. The zero-order valence-corrected chi connectivity index (χ0v) is 11.1. The molecule has 1 unspecified atom stereocenters. The van der Waals surface area contributed by atoms with Gasteiger partial charge in [-0.2, -0.15) is 0 Å². The first-order chi connectivity index (χ1) is 7.11. The zero-order chi connectivity index (χ0) is 11.3. The molecule has 1 aromatic heterocycles. The molecule has 0 aliphatic heterocycles. The number of nitrogens with one attached hydrogen (secondary N) is 1. The minimum atomic E-state index is 0.0325. The lowest BCUT2D eigenvalue weighted by Gasteiger charge is -2.17. The van der Waals surface area contributed by atoms with E-state index in [-0.39, 0.29) is 12.6 Å². The van der Waals surface area contributed by atoms with Gasteiger partial charge < -0.3 is 10.4 Å². The van der Waals surface area contributed by atoms with Gasteiger partial charge in [0, 0.05) is 16.0 Å². The van der Waals surface area contributed by atoms with Gasteiger partial charge in [-0.15, -0.1) is 0 Å². The molecular formula is C10H16IN3O. The summed E-state index contributed by atoms with van der Waals surface area (Å²) in [5, 5.41) is 12.3. The van der Waals surface area contributed by atoms with E-state index in [0.717, 1.165) is 9.99 Å². The Bertz CT molecular complexity index is 289. The number of rotatable bonds is 5. The second-order valence-corrected chi connectivity index (χ2v) is 5.12. The molecule has 0 saturated carbocycles. The average molecular weight is 321 g/mol. The van der Waals surface area contributed by atoms with E-state index in [1.165, 1.54) is 0 Å². The number of halogens is 1. The first kappa shape index (κ1) is 12.6. The first-order valence-corrected chi connectivity index (χ1v) is 6.04. The Hall–Kier alpha value is -0.430. The van der Waals surface area contributed by atoms with Crippen LogP contribution >= 0.6 is 22.6 Å². The van der Waals surface area contributed by atoms with E-state index < -0.39 is 0 Å². The second kappa shape index (κ2) is 6.22. The highest BCUT2D eigenvalue weighted by Gasteiger charge is 2.10. The zero-order valence-electron chi connectivity index (χ0n) is 8.94. The van der Waals surface area contributed by atoms with Gasteiger partial charge in [-0.3, -0.25) is 0 Å². The van der Waals surface area contributed by atoms with Crippen molar-refractivity contribution < 1.29 is 5.11 Å². The van der Waals surface area contributed by atoms with Crippen LogP contribution in [0.5, 0.6) is 0 Å². The Morgan fingerprint density at radius 2 is 2.00 bits per heavy atom. The van der Waals surface area contributed by atoms with Gasteiger partial charge in [0.25, 0.3) is 0 Å². The van der Waals surface area contributed by atoms with Crippen LogP contribution in [0.15, 0.2) is 12.4 Å². The van der Waals surface area contributed by atoms with E-state index in [4.69, 9.17) is 0 Å². The van der Waals surface area contributed by atoms with Crippen molar-refractivity contribution in [2.24, 2.45) is 5.92 Å². The Morgan fingerprint density at radius 1 is 1.40 bits per heavy atom. The lowest BCUT2D eigenvalue weighted by molar-refractivity contribution is 0.259. The number of hydrogen-bond donors (Lipinski definition) is 2. The molecule has 0 amide bonds. The van der Waals surface area contributed by atoms with E-state index in [1.54, 1.807) is 12.4 Å². The summed E-state index contributed by atoms with van der Waals surface area (Å²) in [7, 11) is 0. The molecule has 2 N–H and O–H groups in total. The molecule has 1 aromatic rings. The number of anilines is 1. The summed E-state index contributed by atoms with van der Waals surface area (Å²) in [4.78, 5) is 8.26. The maximum atomic E-state index is 9.17. The fraction of sp³-hybridized carbons (Fsp3) is 0.600. The molecule has 15 heavy (non-hydrogen) atoms. The van der Waals surface area contributed by atoms with Gasteiger partial charge in [-0.25, -0.2) is 9.97 Å². The number of aromatic nitrogens is 2. The van der Waals surface area contributed by atoms with Gasteiger partial charge in [0.2, 0.25) is 5.95 Å². The van der Waals surface area contributed by atoms with E-state index in [2.05, 4.69) is 51.7 Å². The van der Waals surface area contributed by atoms with Gasteiger partial charge in [0.1, 0.15) is 0 Å². The Balaban J connectivity index is 2.54. The number of aliphatic hydroxyl groups is 1. The van der Waals surface area contributed by atoms with Gasteiger partial charge in [-0.05, 0) is 34.9 Å². The third kappa shape index (κ3) is 4.74. The first-order valence-electron chi connectivity index (χ1n) is 4.96. The molecule has 0 radical (unpaired) electrons. The van der Waals surface area contributed by atoms with E-state index in [0.29, 0.717) is 11.9 Å². The molecule has 0 bridgehead atoms. The normalized spacial score (nSPS) is 12.9. The molecule has 4 nitrogen and oxygen atoms in total. The predicted molar refractivity (Wildman–Crippen MR) is 68.7 cm³/mol. The van der Waals surface area contributed by atoms with Crippen molar-refractivity contribution in [3.8, 4) is 0 Å².